The summed E-state index contributed by atoms with van der Waals surface area (Å²) in [6.07, 6.45) is 7.41. The number of hydrogen-bond donors (Lipinski definition) is 2. The summed E-state index contributed by atoms with van der Waals surface area (Å²) in [5, 5.41) is 15.4. The normalized spacial score (nSPS) is 19.1. The van der Waals surface area contributed by atoms with Gasteiger partial charge in [0.1, 0.15) is 6.54 Å². The van der Waals surface area contributed by atoms with E-state index in [1.54, 1.807) is 0 Å². The van der Waals surface area contributed by atoms with Crippen molar-refractivity contribution in [3.63, 3.8) is 0 Å². The van der Waals surface area contributed by atoms with E-state index in [0.29, 0.717) is 11.6 Å². The van der Waals surface area contributed by atoms with Gasteiger partial charge in [-0.25, -0.2) is 4.79 Å². The number of anilines is 1. The van der Waals surface area contributed by atoms with Gasteiger partial charge in [0.15, 0.2) is 0 Å². The fourth-order valence-electron chi connectivity index (χ4n) is 2.63. The second-order valence-electron chi connectivity index (χ2n) is 5.44. The maximum Gasteiger partial charge on any atom is 0.325 e. The topological polar surface area (TPSA) is 87.5 Å². The van der Waals surface area contributed by atoms with Gasteiger partial charge in [0, 0.05) is 19.3 Å². The van der Waals surface area contributed by atoms with Gasteiger partial charge in [-0.05, 0) is 25.2 Å². The van der Waals surface area contributed by atoms with Crippen LogP contribution in [0.25, 0.3) is 0 Å². The van der Waals surface area contributed by atoms with Gasteiger partial charge in [-0.3, -0.25) is 9.48 Å². The Balaban J connectivity index is 1.88. The molecule has 7 heteroatoms. The molecule has 0 bridgehead atoms. The lowest BCUT2D eigenvalue weighted by Crippen LogP contribution is -2.35. The molecule has 1 unspecified atom stereocenters. The Hall–Kier alpha value is -2.05. The number of nitrogens with one attached hydrogen (secondary N) is 1. The molecule has 0 radical (unpaired) electrons. The van der Waals surface area contributed by atoms with Crippen molar-refractivity contribution in [1.82, 2.24) is 14.7 Å². The van der Waals surface area contributed by atoms with E-state index in [9.17, 15) is 9.59 Å². The lowest BCUT2D eigenvalue weighted by molar-refractivity contribution is -0.137. The number of aliphatic carboxylic acids is 1. The van der Waals surface area contributed by atoms with Crippen molar-refractivity contribution in [2.75, 3.05) is 18.4 Å². The summed E-state index contributed by atoms with van der Waals surface area (Å²) >= 11 is 0. The lowest BCUT2D eigenvalue weighted by atomic mass is 9.98. The van der Waals surface area contributed by atoms with Crippen molar-refractivity contribution in [2.24, 2.45) is 5.92 Å². The standard InChI is InChI=1S/C14H22N4O3/c1-2-11-4-3-6-17(7-5-11)14(21)16-12-8-15-18(9-12)10-13(19)20/h8-9,11H,2-7,10H2,1H3,(H,16,21)(H,19,20). The van der Waals surface area contributed by atoms with Gasteiger partial charge in [0.2, 0.25) is 0 Å². The van der Waals surface area contributed by atoms with Crippen molar-refractivity contribution in [3.8, 4) is 0 Å². The molecule has 1 atom stereocenters. The predicted molar refractivity (Wildman–Crippen MR) is 78.1 cm³/mol. The van der Waals surface area contributed by atoms with Crippen LogP contribution < -0.4 is 5.32 Å². The highest BCUT2D eigenvalue weighted by molar-refractivity contribution is 5.89. The average molecular weight is 294 g/mol. The van der Waals surface area contributed by atoms with Crippen LogP contribution >= 0.6 is 0 Å². The van der Waals surface area contributed by atoms with Crippen molar-refractivity contribution in [3.05, 3.63) is 12.4 Å². The molecule has 0 spiro atoms. The van der Waals surface area contributed by atoms with Gasteiger partial charge < -0.3 is 15.3 Å². The van der Waals surface area contributed by atoms with Gasteiger partial charge in [-0.15, -0.1) is 0 Å². The molecule has 1 aromatic rings. The fraction of sp³-hybridized carbons (Fsp3) is 0.643. The molecule has 1 fully saturated rings. The van der Waals surface area contributed by atoms with Gasteiger partial charge in [0.25, 0.3) is 0 Å². The molecule has 7 nitrogen and oxygen atoms in total. The van der Waals surface area contributed by atoms with E-state index in [2.05, 4.69) is 17.3 Å². The smallest absolute Gasteiger partial charge is 0.325 e. The molecule has 2 rings (SSSR count). The van der Waals surface area contributed by atoms with E-state index >= 15 is 0 Å². The maximum absolute atomic E-state index is 12.2. The van der Waals surface area contributed by atoms with Crippen LogP contribution in [0.1, 0.15) is 32.6 Å². The van der Waals surface area contributed by atoms with Crippen LogP contribution in [0.15, 0.2) is 12.4 Å². The third-order valence-corrected chi connectivity index (χ3v) is 3.89. The fourth-order valence-corrected chi connectivity index (χ4v) is 2.63. The zero-order valence-corrected chi connectivity index (χ0v) is 12.3. The van der Waals surface area contributed by atoms with Crippen LogP contribution in [-0.4, -0.2) is 44.9 Å². The first-order valence-electron chi connectivity index (χ1n) is 7.38. The highest BCUT2D eigenvalue weighted by atomic mass is 16.4. The molecule has 0 aliphatic carbocycles. The van der Waals surface area contributed by atoms with Crippen molar-refractivity contribution >= 4 is 17.7 Å². The molecular weight excluding hydrogens is 272 g/mol. The van der Waals surface area contributed by atoms with Gasteiger partial charge in [0.05, 0.1) is 11.9 Å². The second kappa shape index (κ2) is 7.10. The van der Waals surface area contributed by atoms with Crippen molar-refractivity contribution in [1.29, 1.82) is 0 Å². The number of likely N-dealkylation sites (tertiary alicyclic amines) is 1. The highest BCUT2D eigenvalue weighted by Gasteiger charge is 2.20. The lowest BCUT2D eigenvalue weighted by Gasteiger charge is -2.20. The number of aromatic nitrogens is 2. The molecule has 2 heterocycles. The molecule has 2 N–H and O–H groups in total. The minimum atomic E-state index is -0.964. The van der Waals surface area contributed by atoms with Crippen LogP contribution in [0, 0.1) is 5.92 Å². The summed E-state index contributed by atoms with van der Waals surface area (Å²) in [5.74, 6) is -0.254. The number of hydrogen-bond acceptors (Lipinski definition) is 3. The highest BCUT2D eigenvalue weighted by Crippen LogP contribution is 2.20. The molecule has 1 aliphatic rings. The number of carboxylic acids is 1. The Kier molecular flexibility index (Phi) is 5.19. The van der Waals surface area contributed by atoms with E-state index in [1.807, 2.05) is 4.90 Å². The van der Waals surface area contributed by atoms with E-state index in [1.165, 1.54) is 23.5 Å². The Labute approximate surface area is 123 Å². The van der Waals surface area contributed by atoms with Gasteiger partial charge in [-0.1, -0.05) is 13.3 Å². The average Bonchev–Trinajstić information content (AvgIpc) is 2.74. The zero-order valence-electron chi connectivity index (χ0n) is 12.3. The molecule has 21 heavy (non-hydrogen) atoms. The Morgan fingerprint density at radius 3 is 2.95 bits per heavy atom. The predicted octanol–water partition coefficient (Wildman–Crippen LogP) is 2.01. The first kappa shape index (κ1) is 15.3. The molecule has 1 saturated heterocycles. The number of carbonyl (C=O) groups excluding carboxylic acids is 1. The number of urea groups is 1. The minimum Gasteiger partial charge on any atom is -0.480 e. The zero-order chi connectivity index (χ0) is 15.2. The summed E-state index contributed by atoms with van der Waals surface area (Å²) < 4.78 is 1.29. The molecule has 1 aliphatic heterocycles. The van der Waals surface area contributed by atoms with Crippen LogP contribution in [0.4, 0.5) is 10.5 Å². The number of rotatable bonds is 4. The molecule has 2 amide bonds. The number of carbonyl (C=O) groups is 2. The monoisotopic (exact) mass is 294 g/mol. The largest absolute Gasteiger partial charge is 0.480 e. The maximum atomic E-state index is 12.2. The summed E-state index contributed by atoms with van der Waals surface area (Å²) in [6.45, 7) is 3.52. The van der Waals surface area contributed by atoms with Gasteiger partial charge in [-0.2, -0.15) is 5.10 Å². The van der Waals surface area contributed by atoms with E-state index < -0.39 is 5.97 Å². The summed E-state index contributed by atoms with van der Waals surface area (Å²) in [7, 11) is 0. The van der Waals surface area contributed by atoms with Crippen LogP contribution in [0.2, 0.25) is 0 Å². The van der Waals surface area contributed by atoms with E-state index in [0.717, 1.165) is 32.4 Å². The Morgan fingerprint density at radius 2 is 2.24 bits per heavy atom. The molecule has 116 valence electrons. The van der Waals surface area contributed by atoms with E-state index in [4.69, 9.17) is 5.11 Å². The second-order valence-corrected chi connectivity index (χ2v) is 5.44. The Bertz CT molecular complexity index is 500. The van der Waals surface area contributed by atoms with Crippen LogP contribution in [0.5, 0.6) is 0 Å². The number of nitrogens with zero attached hydrogens (tertiary/aromatic N) is 3. The molecule has 1 aromatic heterocycles. The quantitative estimate of drug-likeness (QED) is 0.889. The van der Waals surface area contributed by atoms with Crippen molar-refractivity contribution < 1.29 is 14.7 Å². The molecular formula is C14H22N4O3. The first-order valence-corrected chi connectivity index (χ1v) is 7.38. The van der Waals surface area contributed by atoms with Crippen LogP contribution in [0.3, 0.4) is 0 Å². The summed E-state index contributed by atoms with van der Waals surface area (Å²) in [5.41, 5.74) is 0.525. The summed E-state index contributed by atoms with van der Waals surface area (Å²) in [4.78, 5) is 24.6. The Morgan fingerprint density at radius 1 is 1.43 bits per heavy atom. The molecule has 0 aromatic carbocycles. The third-order valence-electron chi connectivity index (χ3n) is 3.89. The molecule has 0 saturated carbocycles. The summed E-state index contributed by atoms with van der Waals surface area (Å²) in [6, 6.07) is -0.137. The minimum absolute atomic E-state index is 0.137. The number of carboxylic acid groups (broad SMARTS) is 1. The van der Waals surface area contributed by atoms with Crippen molar-refractivity contribution in [2.45, 2.75) is 39.2 Å². The SMILES string of the molecule is CCC1CCCN(C(=O)Nc2cnn(CC(=O)O)c2)CC1. The van der Waals surface area contributed by atoms with Crippen LogP contribution in [-0.2, 0) is 11.3 Å². The number of amides is 2. The van der Waals surface area contributed by atoms with E-state index in [-0.39, 0.29) is 12.6 Å². The first-order chi connectivity index (χ1) is 10.1. The van der Waals surface area contributed by atoms with Gasteiger partial charge >= 0.3 is 12.0 Å². The third kappa shape index (κ3) is 4.47.